The third-order valence-electron chi connectivity index (χ3n) is 3.33. The van der Waals surface area contributed by atoms with Gasteiger partial charge in [-0.25, -0.2) is 4.39 Å². The molecule has 1 unspecified atom stereocenters. The molecule has 0 aromatic heterocycles. The zero-order valence-corrected chi connectivity index (χ0v) is 10.3. The lowest BCUT2D eigenvalue weighted by atomic mass is 10.1. The van der Waals surface area contributed by atoms with E-state index < -0.39 is 17.7 Å². The van der Waals surface area contributed by atoms with Crippen LogP contribution in [0.2, 0.25) is 0 Å². The molecule has 1 aliphatic rings. The highest BCUT2D eigenvalue weighted by molar-refractivity contribution is 5.99. The number of rotatable bonds is 3. The molecular formula is C13H15FN2O3. The molecule has 1 aliphatic heterocycles. The molecule has 1 aromatic rings. The van der Waals surface area contributed by atoms with E-state index in [0.29, 0.717) is 13.0 Å². The average Bonchev–Trinajstić information content (AvgIpc) is 2.79. The zero-order valence-electron chi connectivity index (χ0n) is 10.3. The Bertz CT molecular complexity index is 519. The van der Waals surface area contributed by atoms with Crippen LogP contribution in [0.25, 0.3) is 0 Å². The number of aliphatic carboxylic acids is 1. The van der Waals surface area contributed by atoms with Crippen molar-refractivity contribution < 1.29 is 19.1 Å². The first-order valence-corrected chi connectivity index (χ1v) is 6.07. The normalized spacial score (nSPS) is 18.6. The van der Waals surface area contributed by atoms with Gasteiger partial charge >= 0.3 is 5.97 Å². The van der Waals surface area contributed by atoms with Crippen LogP contribution in [0, 0.1) is 5.82 Å². The molecule has 1 fully saturated rings. The molecule has 0 bridgehead atoms. The number of nitrogens with two attached hydrogens (primary N) is 1. The van der Waals surface area contributed by atoms with Crippen molar-refractivity contribution >= 4 is 17.6 Å². The number of nitrogen functional groups attached to an aromatic ring is 1. The van der Waals surface area contributed by atoms with E-state index in [-0.39, 0.29) is 23.7 Å². The predicted molar refractivity (Wildman–Crippen MR) is 67.1 cm³/mol. The smallest absolute Gasteiger partial charge is 0.305 e. The maximum Gasteiger partial charge on any atom is 0.305 e. The summed E-state index contributed by atoms with van der Waals surface area (Å²) < 4.78 is 13.3. The van der Waals surface area contributed by atoms with Crippen LogP contribution in [-0.2, 0) is 4.79 Å². The van der Waals surface area contributed by atoms with Gasteiger partial charge in [0.25, 0.3) is 5.91 Å². The van der Waals surface area contributed by atoms with Crippen molar-refractivity contribution in [3.8, 4) is 0 Å². The van der Waals surface area contributed by atoms with E-state index in [9.17, 15) is 14.0 Å². The van der Waals surface area contributed by atoms with Crippen LogP contribution in [0.3, 0.4) is 0 Å². The van der Waals surface area contributed by atoms with Crippen LogP contribution in [0.1, 0.15) is 29.6 Å². The van der Waals surface area contributed by atoms with Gasteiger partial charge in [0.2, 0.25) is 0 Å². The highest BCUT2D eigenvalue weighted by Gasteiger charge is 2.31. The van der Waals surface area contributed by atoms with Crippen LogP contribution in [0.5, 0.6) is 0 Å². The number of anilines is 1. The van der Waals surface area contributed by atoms with Gasteiger partial charge in [-0.15, -0.1) is 0 Å². The van der Waals surface area contributed by atoms with E-state index in [0.717, 1.165) is 6.42 Å². The molecule has 0 saturated carbocycles. The minimum Gasteiger partial charge on any atom is -0.481 e. The Morgan fingerprint density at radius 3 is 2.89 bits per heavy atom. The van der Waals surface area contributed by atoms with E-state index in [2.05, 4.69) is 0 Å². The fraction of sp³-hybridized carbons (Fsp3) is 0.385. The van der Waals surface area contributed by atoms with Crippen LogP contribution < -0.4 is 5.73 Å². The van der Waals surface area contributed by atoms with Crippen LogP contribution >= 0.6 is 0 Å². The predicted octanol–water partition coefficient (Wildman–Crippen LogP) is 1.49. The lowest BCUT2D eigenvalue weighted by Crippen LogP contribution is -2.37. The SMILES string of the molecule is Nc1c(F)cccc1C(=O)N1CCCC1CC(=O)O. The van der Waals surface area contributed by atoms with Gasteiger partial charge in [0.1, 0.15) is 5.82 Å². The van der Waals surface area contributed by atoms with E-state index in [4.69, 9.17) is 10.8 Å². The molecule has 2 rings (SSSR count). The number of hydrogen-bond acceptors (Lipinski definition) is 3. The van der Waals surface area contributed by atoms with Gasteiger partial charge < -0.3 is 15.7 Å². The molecule has 0 radical (unpaired) electrons. The van der Waals surface area contributed by atoms with E-state index in [1.807, 2.05) is 0 Å². The average molecular weight is 266 g/mol. The van der Waals surface area contributed by atoms with Gasteiger partial charge in [0.05, 0.1) is 17.7 Å². The summed E-state index contributed by atoms with van der Waals surface area (Å²) in [5.41, 5.74) is 5.47. The summed E-state index contributed by atoms with van der Waals surface area (Å²) >= 11 is 0. The Labute approximate surface area is 109 Å². The molecule has 0 aliphatic carbocycles. The van der Waals surface area contributed by atoms with Crippen LogP contribution in [0.15, 0.2) is 18.2 Å². The largest absolute Gasteiger partial charge is 0.481 e. The third-order valence-corrected chi connectivity index (χ3v) is 3.33. The number of para-hydroxylation sites is 1. The summed E-state index contributed by atoms with van der Waals surface area (Å²) in [7, 11) is 0. The highest BCUT2D eigenvalue weighted by Crippen LogP contribution is 2.25. The molecule has 1 atom stereocenters. The van der Waals surface area contributed by atoms with E-state index >= 15 is 0 Å². The summed E-state index contributed by atoms with van der Waals surface area (Å²) in [5.74, 6) is -1.99. The maximum absolute atomic E-state index is 13.3. The Balaban J connectivity index is 2.23. The monoisotopic (exact) mass is 266 g/mol. The minimum absolute atomic E-state index is 0.0947. The number of halogens is 1. The molecule has 1 amide bonds. The molecule has 3 N–H and O–H groups in total. The standard InChI is InChI=1S/C13H15FN2O3/c14-10-5-1-4-9(12(10)15)13(19)16-6-2-3-8(16)7-11(17)18/h1,4-5,8H,2-3,6-7,15H2,(H,17,18). The number of amides is 1. The molecule has 19 heavy (non-hydrogen) atoms. The van der Waals surface area contributed by atoms with Gasteiger partial charge in [-0.3, -0.25) is 9.59 Å². The van der Waals surface area contributed by atoms with E-state index in [1.54, 1.807) is 0 Å². The second kappa shape index (κ2) is 5.26. The molecule has 1 heterocycles. The van der Waals surface area contributed by atoms with Crippen molar-refractivity contribution in [2.45, 2.75) is 25.3 Å². The van der Waals surface area contributed by atoms with E-state index in [1.165, 1.54) is 23.1 Å². The van der Waals surface area contributed by atoms with Crippen LogP contribution in [-0.4, -0.2) is 34.5 Å². The number of carbonyl (C=O) groups is 2. The summed E-state index contributed by atoms with van der Waals surface area (Å²) in [4.78, 5) is 24.5. The number of nitrogens with zero attached hydrogens (tertiary/aromatic N) is 1. The van der Waals surface area contributed by atoms with Gasteiger partial charge in [-0.05, 0) is 25.0 Å². The van der Waals surface area contributed by atoms with Crippen molar-refractivity contribution in [3.63, 3.8) is 0 Å². The molecule has 5 nitrogen and oxygen atoms in total. The second-order valence-corrected chi connectivity index (χ2v) is 4.59. The minimum atomic E-state index is -0.947. The first-order chi connectivity index (χ1) is 9.00. The lowest BCUT2D eigenvalue weighted by Gasteiger charge is -2.24. The van der Waals surface area contributed by atoms with Gasteiger partial charge in [-0.1, -0.05) is 6.07 Å². The van der Waals surface area contributed by atoms with Crippen LogP contribution in [0.4, 0.5) is 10.1 Å². The summed E-state index contributed by atoms with van der Waals surface area (Å²) in [5, 5.41) is 8.82. The number of carboxylic acid groups (broad SMARTS) is 1. The Morgan fingerprint density at radius 1 is 1.47 bits per heavy atom. The molecule has 0 spiro atoms. The van der Waals surface area contributed by atoms with Gasteiger partial charge in [-0.2, -0.15) is 0 Å². The number of benzene rings is 1. The highest BCUT2D eigenvalue weighted by atomic mass is 19.1. The van der Waals surface area contributed by atoms with Crippen molar-refractivity contribution in [1.82, 2.24) is 4.90 Å². The summed E-state index contributed by atoms with van der Waals surface area (Å²) in [6, 6.07) is 3.72. The maximum atomic E-state index is 13.3. The van der Waals surface area contributed by atoms with Gasteiger partial charge in [0, 0.05) is 12.6 Å². The molecule has 1 aromatic carbocycles. The molecular weight excluding hydrogens is 251 g/mol. The Morgan fingerprint density at radius 2 is 2.21 bits per heavy atom. The zero-order chi connectivity index (χ0) is 14.0. The summed E-state index contributed by atoms with van der Waals surface area (Å²) in [6.45, 7) is 0.479. The topological polar surface area (TPSA) is 83.6 Å². The van der Waals surface area contributed by atoms with Crippen molar-refractivity contribution in [2.24, 2.45) is 0 Å². The lowest BCUT2D eigenvalue weighted by molar-refractivity contribution is -0.137. The number of hydrogen-bond donors (Lipinski definition) is 2. The first kappa shape index (κ1) is 13.3. The number of carbonyl (C=O) groups excluding carboxylic acids is 1. The quantitative estimate of drug-likeness (QED) is 0.812. The van der Waals surface area contributed by atoms with Crippen molar-refractivity contribution in [3.05, 3.63) is 29.6 Å². The fourth-order valence-corrected chi connectivity index (χ4v) is 2.40. The second-order valence-electron chi connectivity index (χ2n) is 4.59. The van der Waals surface area contributed by atoms with Crippen molar-refractivity contribution in [1.29, 1.82) is 0 Å². The molecule has 1 saturated heterocycles. The number of carboxylic acids is 1. The van der Waals surface area contributed by atoms with Gasteiger partial charge in [0.15, 0.2) is 0 Å². The fourth-order valence-electron chi connectivity index (χ4n) is 2.40. The number of likely N-dealkylation sites (tertiary alicyclic amines) is 1. The first-order valence-electron chi connectivity index (χ1n) is 6.07. The summed E-state index contributed by atoms with van der Waals surface area (Å²) in [6.07, 6.45) is 1.30. The van der Waals surface area contributed by atoms with Crippen molar-refractivity contribution in [2.75, 3.05) is 12.3 Å². The Kier molecular flexibility index (Phi) is 3.69. The third kappa shape index (κ3) is 2.67. The molecule has 102 valence electrons. The Hall–Kier alpha value is -2.11. The molecule has 6 heteroatoms.